The number of hydrogen-bond donors (Lipinski definition) is 2. The highest BCUT2D eigenvalue weighted by Crippen LogP contribution is 2.29. The molecule has 1 atom stereocenters. The number of allylic oxidation sites excluding steroid dienone is 1. The van der Waals surface area contributed by atoms with Crippen molar-refractivity contribution in [3.63, 3.8) is 0 Å². The predicted molar refractivity (Wildman–Crippen MR) is 80.4 cm³/mol. The molecule has 1 aliphatic rings. The Balaban J connectivity index is 2.41. The van der Waals surface area contributed by atoms with Crippen LogP contribution in [0.2, 0.25) is 0 Å². The molecule has 0 spiro atoms. The van der Waals surface area contributed by atoms with Gasteiger partial charge in [0.15, 0.2) is 0 Å². The smallest absolute Gasteiger partial charge is 0.247 e. The molecule has 0 saturated heterocycles. The zero-order valence-corrected chi connectivity index (χ0v) is 12.1. The lowest BCUT2D eigenvalue weighted by Gasteiger charge is -2.14. The number of ether oxygens (including phenoxy) is 1. The topological polar surface area (TPSA) is 64.3 Å². The normalized spacial score (nSPS) is 17.4. The van der Waals surface area contributed by atoms with Gasteiger partial charge >= 0.3 is 0 Å². The van der Waals surface area contributed by atoms with E-state index in [-0.39, 0.29) is 11.9 Å². The molecule has 1 heterocycles. The number of carbonyl (C=O) groups is 1. The second kappa shape index (κ2) is 6.57. The molecular weight excluding hydrogens is 252 g/mol. The lowest BCUT2D eigenvalue weighted by molar-refractivity contribution is -0.117. The van der Waals surface area contributed by atoms with Gasteiger partial charge in [-0.2, -0.15) is 0 Å². The summed E-state index contributed by atoms with van der Waals surface area (Å²) in [4.78, 5) is 12.2. The number of methoxy groups -OCH3 is 1. The van der Waals surface area contributed by atoms with Crippen molar-refractivity contribution in [1.29, 1.82) is 0 Å². The van der Waals surface area contributed by atoms with E-state index in [4.69, 9.17) is 10.5 Å². The minimum atomic E-state index is -0.0258. The van der Waals surface area contributed by atoms with Gasteiger partial charge in [-0.3, -0.25) is 4.79 Å². The molecule has 2 rings (SSSR count). The number of amides is 1. The van der Waals surface area contributed by atoms with Crippen LogP contribution in [0.4, 0.5) is 0 Å². The van der Waals surface area contributed by atoms with Gasteiger partial charge in [-0.25, -0.2) is 0 Å². The first-order chi connectivity index (χ1) is 9.61. The molecule has 0 aliphatic carbocycles. The second-order valence-corrected chi connectivity index (χ2v) is 5.23. The molecule has 108 valence electrons. The molecular formula is C16H22N2O2. The molecule has 20 heavy (non-hydrogen) atoms. The number of nitrogens with one attached hydrogen (secondary N) is 1. The summed E-state index contributed by atoms with van der Waals surface area (Å²) >= 11 is 0. The number of carbonyl (C=O) groups excluding carboxylic acids is 1. The van der Waals surface area contributed by atoms with Crippen LogP contribution in [0.5, 0.6) is 5.75 Å². The van der Waals surface area contributed by atoms with Crippen LogP contribution in [0, 0.1) is 0 Å². The lowest BCUT2D eigenvalue weighted by atomic mass is 9.93. The van der Waals surface area contributed by atoms with Crippen molar-refractivity contribution in [3.05, 3.63) is 35.4 Å². The molecule has 1 amide bonds. The van der Waals surface area contributed by atoms with Crippen LogP contribution >= 0.6 is 0 Å². The summed E-state index contributed by atoms with van der Waals surface area (Å²) in [6.45, 7) is 2.65. The fraction of sp³-hybridized carbons (Fsp3) is 0.438. The third kappa shape index (κ3) is 3.39. The van der Waals surface area contributed by atoms with Crippen LogP contribution in [0.1, 0.15) is 31.7 Å². The Morgan fingerprint density at radius 2 is 2.05 bits per heavy atom. The summed E-state index contributed by atoms with van der Waals surface area (Å²) in [6, 6.07) is 7.84. The Bertz CT molecular complexity index is 504. The van der Waals surface area contributed by atoms with Crippen LogP contribution in [0.25, 0.3) is 5.57 Å². The minimum absolute atomic E-state index is 0.0191. The van der Waals surface area contributed by atoms with E-state index < -0.39 is 0 Å². The highest BCUT2D eigenvalue weighted by molar-refractivity contribution is 6.01. The van der Waals surface area contributed by atoms with Crippen LogP contribution in [0.3, 0.4) is 0 Å². The van der Waals surface area contributed by atoms with Crippen LogP contribution in [-0.4, -0.2) is 25.6 Å². The third-order valence-corrected chi connectivity index (χ3v) is 3.49. The molecule has 0 fully saturated rings. The van der Waals surface area contributed by atoms with Gasteiger partial charge < -0.3 is 15.8 Å². The molecule has 3 N–H and O–H groups in total. The van der Waals surface area contributed by atoms with E-state index in [1.54, 1.807) is 7.11 Å². The first kappa shape index (κ1) is 14.6. The predicted octanol–water partition coefficient (Wildman–Crippen LogP) is 2.10. The Morgan fingerprint density at radius 1 is 1.35 bits per heavy atom. The minimum Gasteiger partial charge on any atom is -0.497 e. The summed E-state index contributed by atoms with van der Waals surface area (Å²) < 4.78 is 5.18. The summed E-state index contributed by atoms with van der Waals surface area (Å²) in [5, 5.41) is 2.95. The first-order valence-corrected chi connectivity index (χ1v) is 7.02. The van der Waals surface area contributed by atoms with E-state index >= 15 is 0 Å². The molecule has 1 aliphatic heterocycles. The molecule has 0 radical (unpaired) electrons. The Morgan fingerprint density at radius 3 is 2.65 bits per heavy atom. The van der Waals surface area contributed by atoms with E-state index in [1.807, 2.05) is 31.2 Å². The highest BCUT2D eigenvalue weighted by Gasteiger charge is 2.20. The van der Waals surface area contributed by atoms with Gasteiger partial charge in [-0.05, 0) is 49.5 Å². The Labute approximate surface area is 120 Å². The van der Waals surface area contributed by atoms with Gasteiger partial charge in [-0.1, -0.05) is 12.1 Å². The van der Waals surface area contributed by atoms with Crippen molar-refractivity contribution in [2.75, 3.05) is 13.7 Å². The average molecular weight is 274 g/mol. The molecule has 0 saturated carbocycles. The number of hydrogen-bond acceptors (Lipinski definition) is 3. The van der Waals surface area contributed by atoms with E-state index in [9.17, 15) is 4.79 Å². The molecule has 1 aromatic carbocycles. The largest absolute Gasteiger partial charge is 0.497 e. The van der Waals surface area contributed by atoms with Crippen molar-refractivity contribution in [3.8, 4) is 5.75 Å². The molecule has 1 unspecified atom stereocenters. The van der Waals surface area contributed by atoms with Crippen molar-refractivity contribution in [1.82, 2.24) is 5.32 Å². The summed E-state index contributed by atoms with van der Waals surface area (Å²) in [7, 11) is 1.65. The van der Waals surface area contributed by atoms with Crippen LogP contribution in [0.15, 0.2) is 29.8 Å². The third-order valence-electron chi connectivity index (χ3n) is 3.49. The van der Waals surface area contributed by atoms with E-state index in [1.165, 1.54) is 0 Å². The first-order valence-electron chi connectivity index (χ1n) is 7.02. The van der Waals surface area contributed by atoms with Crippen molar-refractivity contribution >= 4 is 11.5 Å². The zero-order chi connectivity index (χ0) is 14.5. The maximum atomic E-state index is 12.2. The SMILES string of the molecule is COc1ccc(C2=C(CC(C)N)C(=O)NCCC2)cc1. The lowest BCUT2D eigenvalue weighted by Crippen LogP contribution is -2.27. The Hall–Kier alpha value is -1.81. The molecule has 1 aromatic rings. The van der Waals surface area contributed by atoms with Crippen LogP contribution in [-0.2, 0) is 4.79 Å². The zero-order valence-electron chi connectivity index (χ0n) is 12.1. The fourth-order valence-corrected chi connectivity index (χ4v) is 2.51. The maximum absolute atomic E-state index is 12.2. The molecule has 0 aromatic heterocycles. The Kier molecular flexibility index (Phi) is 4.79. The van der Waals surface area contributed by atoms with E-state index in [2.05, 4.69) is 5.32 Å². The average Bonchev–Trinajstić information content (AvgIpc) is 2.62. The van der Waals surface area contributed by atoms with Crippen molar-refractivity contribution < 1.29 is 9.53 Å². The molecule has 4 nitrogen and oxygen atoms in total. The van der Waals surface area contributed by atoms with Crippen LogP contribution < -0.4 is 15.8 Å². The monoisotopic (exact) mass is 274 g/mol. The van der Waals surface area contributed by atoms with E-state index in [0.29, 0.717) is 6.42 Å². The molecule has 0 bridgehead atoms. The number of benzene rings is 1. The van der Waals surface area contributed by atoms with Gasteiger partial charge in [0.1, 0.15) is 5.75 Å². The molecule has 4 heteroatoms. The van der Waals surface area contributed by atoms with Gasteiger partial charge in [0.2, 0.25) is 5.91 Å². The quantitative estimate of drug-likeness (QED) is 0.883. The van der Waals surface area contributed by atoms with Gasteiger partial charge in [0, 0.05) is 18.2 Å². The summed E-state index contributed by atoms with van der Waals surface area (Å²) in [5.41, 5.74) is 8.90. The van der Waals surface area contributed by atoms with Gasteiger partial charge in [0.25, 0.3) is 0 Å². The van der Waals surface area contributed by atoms with Crippen molar-refractivity contribution in [2.45, 2.75) is 32.2 Å². The summed E-state index contributed by atoms with van der Waals surface area (Å²) in [5.74, 6) is 0.840. The van der Waals surface area contributed by atoms with Gasteiger partial charge in [0.05, 0.1) is 7.11 Å². The van der Waals surface area contributed by atoms with E-state index in [0.717, 1.165) is 41.8 Å². The highest BCUT2D eigenvalue weighted by atomic mass is 16.5. The maximum Gasteiger partial charge on any atom is 0.247 e. The second-order valence-electron chi connectivity index (χ2n) is 5.23. The number of nitrogens with two attached hydrogens (primary N) is 1. The number of rotatable bonds is 4. The van der Waals surface area contributed by atoms with Crippen molar-refractivity contribution in [2.24, 2.45) is 5.73 Å². The fourth-order valence-electron chi connectivity index (χ4n) is 2.51. The summed E-state index contributed by atoms with van der Waals surface area (Å²) in [6.07, 6.45) is 2.45. The van der Waals surface area contributed by atoms with Gasteiger partial charge in [-0.15, -0.1) is 0 Å². The standard InChI is InChI=1S/C16H22N2O2/c1-11(17)10-15-14(4-3-9-18-16(15)19)12-5-7-13(20-2)8-6-12/h5-8,11H,3-4,9-10,17H2,1-2H3,(H,18,19).